The van der Waals surface area contributed by atoms with E-state index in [-0.39, 0.29) is 18.8 Å². The number of nitrogens with zero attached hydrogens (tertiary/aromatic N) is 5. The van der Waals surface area contributed by atoms with Gasteiger partial charge >= 0.3 is 0 Å². The molecule has 3 aliphatic rings. The third kappa shape index (κ3) is 5.00. The monoisotopic (exact) mass is 490 g/mol. The fourth-order valence-corrected chi connectivity index (χ4v) is 5.79. The molecule has 192 valence electrons. The molecule has 3 fully saturated rings. The number of aromatic nitrogens is 3. The topological polar surface area (TPSA) is 89.7 Å². The van der Waals surface area contributed by atoms with Gasteiger partial charge in [-0.05, 0) is 50.3 Å². The van der Waals surface area contributed by atoms with E-state index in [9.17, 15) is 10.2 Å². The molecular formula is C28H38N6O2. The van der Waals surface area contributed by atoms with Gasteiger partial charge in [0, 0.05) is 80.7 Å². The largest absolute Gasteiger partial charge is 0.396 e. The second-order valence-electron chi connectivity index (χ2n) is 11.0. The quantitative estimate of drug-likeness (QED) is 0.469. The number of nitrogens with one attached hydrogen (secondary N) is 1. The minimum absolute atomic E-state index is 0.187. The van der Waals surface area contributed by atoms with Crippen LogP contribution in [0, 0.1) is 5.92 Å². The van der Waals surface area contributed by atoms with Crippen molar-refractivity contribution in [3.05, 3.63) is 42.2 Å². The smallest absolute Gasteiger partial charge is 0.224 e. The first kappa shape index (κ1) is 23.9. The van der Waals surface area contributed by atoms with Gasteiger partial charge < -0.3 is 25.0 Å². The van der Waals surface area contributed by atoms with Crippen molar-refractivity contribution in [3.63, 3.8) is 0 Å². The van der Waals surface area contributed by atoms with Crippen molar-refractivity contribution in [1.29, 1.82) is 0 Å². The Kier molecular flexibility index (Phi) is 6.69. The molecule has 1 saturated heterocycles. The molecule has 0 amide bonds. The van der Waals surface area contributed by atoms with Gasteiger partial charge in [0.25, 0.3) is 0 Å². The first-order chi connectivity index (χ1) is 17.6. The fourth-order valence-electron chi connectivity index (χ4n) is 5.79. The summed E-state index contributed by atoms with van der Waals surface area (Å²) >= 11 is 0. The van der Waals surface area contributed by atoms with Crippen molar-refractivity contribution in [2.45, 2.75) is 56.8 Å². The van der Waals surface area contributed by atoms with Crippen LogP contribution in [-0.4, -0.2) is 86.5 Å². The number of rotatable bonds is 7. The van der Waals surface area contributed by atoms with E-state index < -0.39 is 0 Å². The maximum Gasteiger partial charge on any atom is 0.224 e. The summed E-state index contributed by atoms with van der Waals surface area (Å²) in [5.41, 5.74) is 4.64. The summed E-state index contributed by atoms with van der Waals surface area (Å²) in [7, 11) is 2.19. The maximum atomic E-state index is 10.1. The Morgan fingerprint density at radius 1 is 1.03 bits per heavy atom. The summed E-state index contributed by atoms with van der Waals surface area (Å²) in [5, 5.41) is 23.9. The highest BCUT2D eigenvalue weighted by Gasteiger charge is 2.37. The average Bonchev–Trinajstić information content (AvgIpc) is 3.55. The standard InChI is InChI=1S/C28H38N6O2/c1-32-10-12-33(13-11-32)16-19-2-4-20(5-3-19)25-17-34(22-6-8-23(36)9-7-22)27-24(25)15-29-28(31-27)30-26-14-21(26)18-35/h2-5,15,17,21-23,26,35-36H,6-14,16,18H2,1H3,(H,29,30,31)/t21?,22-,23-,26?. The molecule has 2 aromatic heterocycles. The van der Waals surface area contributed by atoms with Gasteiger partial charge in [-0.15, -0.1) is 0 Å². The van der Waals surface area contributed by atoms with Crippen LogP contribution in [0.15, 0.2) is 36.7 Å². The number of fused-ring (bicyclic) bond motifs is 1. The lowest BCUT2D eigenvalue weighted by molar-refractivity contribution is 0.111. The summed E-state index contributed by atoms with van der Waals surface area (Å²) < 4.78 is 2.32. The number of aliphatic hydroxyl groups excluding tert-OH is 2. The van der Waals surface area contributed by atoms with Crippen LogP contribution in [0.1, 0.15) is 43.7 Å². The second-order valence-corrected chi connectivity index (χ2v) is 11.0. The summed E-state index contributed by atoms with van der Waals surface area (Å²) in [6.07, 6.45) is 8.54. The minimum atomic E-state index is -0.187. The number of hydrogen-bond acceptors (Lipinski definition) is 7. The maximum absolute atomic E-state index is 10.1. The van der Waals surface area contributed by atoms with Gasteiger partial charge in [-0.3, -0.25) is 4.90 Å². The molecule has 3 heterocycles. The zero-order valence-corrected chi connectivity index (χ0v) is 21.2. The van der Waals surface area contributed by atoms with Gasteiger partial charge in [-0.1, -0.05) is 24.3 Å². The van der Waals surface area contributed by atoms with Crippen molar-refractivity contribution >= 4 is 17.0 Å². The van der Waals surface area contributed by atoms with E-state index in [1.54, 1.807) is 0 Å². The summed E-state index contributed by atoms with van der Waals surface area (Å²) in [6, 6.07) is 9.57. The Labute approximate surface area is 213 Å². The lowest BCUT2D eigenvalue weighted by Crippen LogP contribution is -2.43. The van der Waals surface area contributed by atoms with Crippen molar-refractivity contribution in [2.75, 3.05) is 45.2 Å². The Bertz CT molecular complexity index is 1180. The lowest BCUT2D eigenvalue weighted by atomic mass is 9.93. The van der Waals surface area contributed by atoms with Gasteiger partial charge in [-0.2, -0.15) is 4.98 Å². The molecular weight excluding hydrogens is 452 g/mol. The Hall–Kier alpha value is -2.52. The van der Waals surface area contributed by atoms with Crippen molar-refractivity contribution in [2.24, 2.45) is 5.92 Å². The minimum Gasteiger partial charge on any atom is -0.396 e. The first-order valence-corrected chi connectivity index (χ1v) is 13.5. The lowest BCUT2D eigenvalue weighted by Gasteiger charge is -2.32. The van der Waals surface area contributed by atoms with E-state index in [2.05, 4.69) is 62.2 Å². The van der Waals surface area contributed by atoms with Crippen LogP contribution >= 0.6 is 0 Å². The first-order valence-electron chi connectivity index (χ1n) is 13.5. The molecule has 0 radical (unpaired) electrons. The Morgan fingerprint density at radius 2 is 1.78 bits per heavy atom. The van der Waals surface area contributed by atoms with E-state index in [4.69, 9.17) is 4.98 Å². The summed E-state index contributed by atoms with van der Waals surface area (Å²) in [4.78, 5) is 14.5. The van der Waals surface area contributed by atoms with E-state index in [1.807, 2.05) is 6.20 Å². The molecule has 1 aliphatic heterocycles. The SMILES string of the molecule is CN1CCN(Cc2ccc(-c3cn([C@H]4CC[C@H](O)CC4)c4nc(NC5CC5CO)ncc34)cc2)CC1. The van der Waals surface area contributed by atoms with Gasteiger partial charge in [0.05, 0.1) is 6.10 Å². The predicted molar refractivity (Wildman–Crippen MR) is 142 cm³/mol. The molecule has 0 spiro atoms. The van der Waals surface area contributed by atoms with Crippen LogP contribution < -0.4 is 5.32 Å². The summed E-state index contributed by atoms with van der Waals surface area (Å²) in [5.74, 6) is 0.934. The predicted octanol–water partition coefficient (Wildman–Crippen LogP) is 3.11. The number of hydrogen-bond donors (Lipinski definition) is 3. The fraction of sp³-hybridized carbons (Fsp3) is 0.571. The molecule has 3 aromatic rings. The zero-order chi connectivity index (χ0) is 24.6. The van der Waals surface area contributed by atoms with Crippen molar-refractivity contribution < 1.29 is 10.2 Å². The molecule has 2 unspecified atom stereocenters. The third-order valence-corrected chi connectivity index (χ3v) is 8.37. The number of anilines is 1. The van der Waals surface area contributed by atoms with E-state index in [1.165, 1.54) is 11.1 Å². The van der Waals surface area contributed by atoms with Crippen LogP contribution in [0.5, 0.6) is 0 Å². The molecule has 0 bridgehead atoms. The van der Waals surface area contributed by atoms with E-state index in [0.29, 0.717) is 17.9 Å². The second kappa shape index (κ2) is 10.1. The van der Waals surface area contributed by atoms with E-state index in [0.717, 1.165) is 81.4 Å². The van der Waals surface area contributed by atoms with Gasteiger partial charge in [-0.25, -0.2) is 4.98 Å². The average molecular weight is 491 g/mol. The molecule has 3 N–H and O–H groups in total. The Balaban J connectivity index is 1.28. The highest BCUT2D eigenvalue weighted by Crippen LogP contribution is 2.38. The number of aliphatic hydroxyl groups is 2. The molecule has 8 heteroatoms. The van der Waals surface area contributed by atoms with Crippen LogP contribution in [0.25, 0.3) is 22.2 Å². The summed E-state index contributed by atoms with van der Waals surface area (Å²) in [6.45, 7) is 5.71. The van der Waals surface area contributed by atoms with Crippen LogP contribution in [-0.2, 0) is 6.54 Å². The highest BCUT2D eigenvalue weighted by atomic mass is 16.3. The van der Waals surface area contributed by atoms with E-state index >= 15 is 0 Å². The number of likely N-dealkylation sites (N-methyl/N-ethyl adjacent to an activating group) is 1. The van der Waals surface area contributed by atoms with Gasteiger partial charge in [0.2, 0.25) is 5.95 Å². The molecule has 6 rings (SSSR count). The van der Waals surface area contributed by atoms with Crippen LogP contribution in [0.4, 0.5) is 5.95 Å². The highest BCUT2D eigenvalue weighted by molar-refractivity contribution is 5.94. The van der Waals surface area contributed by atoms with Gasteiger partial charge in [0.15, 0.2) is 0 Å². The molecule has 36 heavy (non-hydrogen) atoms. The van der Waals surface area contributed by atoms with Crippen LogP contribution in [0.2, 0.25) is 0 Å². The molecule has 2 aliphatic carbocycles. The zero-order valence-electron chi connectivity index (χ0n) is 21.2. The molecule has 1 aromatic carbocycles. The Morgan fingerprint density at radius 3 is 2.47 bits per heavy atom. The number of benzene rings is 1. The van der Waals surface area contributed by atoms with Gasteiger partial charge in [0.1, 0.15) is 5.65 Å². The van der Waals surface area contributed by atoms with Crippen molar-refractivity contribution in [3.8, 4) is 11.1 Å². The molecule has 2 atom stereocenters. The van der Waals surface area contributed by atoms with Crippen LogP contribution in [0.3, 0.4) is 0 Å². The molecule has 2 saturated carbocycles. The van der Waals surface area contributed by atoms with Crippen molar-refractivity contribution in [1.82, 2.24) is 24.3 Å². The normalized spacial score (nSPS) is 27.4. The third-order valence-electron chi connectivity index (χ3n) is 8.37. The molecule has 8 nitrogen and oxygen atoms in total. The number of piperazine rings is 1.